The van der Waals surface area contributed by atoms with Crippen LogP contribution in [0, 0.1) is 0 Å². The van der Waals surface area contributed by atoms with Crippen LogP contribution in [0.1, 0.15) is 133 Å². The van der Waals surface area contributed by atoms with E-state index in [0.717, 1.165) is 85.4 Å². The number of rotatable bonds is 19. The standard InChI is InChI=1S/C76H85N19O8/c1-73(2)38-47-35-55(66(86-70(47)101-73)93-32-30-90(31-33-93)53-15-16-53)67(97)84-62-13-7-10-59(81-62)51-42-78-94(45-51)28-19-74(3)39-48-36-56(64(87-71(48)102-74)91-24-17-54(96)18-25-91)68(98)85-63-14-8-11-60(82-63)52-43-79-95(46-52)29-20-75(4)40-49-37-57(65(88-72(49)103-75)92-26-21-76(22-27-92)23-34-100-76)69(99)83-61-12-6-9-58(80-61)50-41-77-89(5)44-50/h6-14,35-37,41-46,53-54,96H,15-34,38-40H2,1-5H3,(H,80,83,99)(H,81,84,97)(H,82,85,98). The van der Waals surface area contributed by atoms with Crippen LogP contribution in [0.4, 0.5) is 34.9 Å². The Labute approximate surface area is 596 Å². The van der Waals surface area contributed by atoms with E-state index in [1.165, 1.54) is 12.8 Å². The van der Waals surface area contributed by atoms with Gasteiger partial charge in [-0.1, -0.05) is 18.2 Å². The van der Waals surface area contributed by atoms with E-state index in [0.29, 0.717) is 177 Å². The summed E-state index contributed by atoms with van der Waals surface area (Å²) < 4.78 is 31.2. The summed E-state index contributed by atoms with van der Waals surface area (Å²) in [6.07, 6.45) is 19.8. The summed E-state index contributed by atoms with van der Waals surface area (Å²) in [7, 11) is 1.85. The molecule has 4 saturated heterocycles. The molecule has 103 heavy (non-hydrogen) atoms. The third-order valence-corrected chi connectivity index (χ3v) is 21.6. The minimum atomic E-state index is -0.679. The quantitative estimate of drug-likeness (QED) is 0.0586. The number of aliphatic hydroxyl groups excluding tert-OH is 1. The van der Waals surface area contributed by atoms with Gasteiger partial charge >= 0.3 is 0 Å². The molecule has 2 atom stereocenters. The van der Waals surface area contributed by atoms with Crippen molar-refractivity contribution in [1.82, 2.24) is 64.1 Å². The monoisotopic (exact) mass is 1390 g/mol. The van der Waals surface area contributed by atoms with Crippen LogP contribution in [0.5, 0.6) is 17.6 Å². The number of aryl methyl sites for hydroxylation is 3. The van der Waals surface area contributed by atoms with Crippen molar-refractivity contribution in [3.8, 4) is 51.4 Å². The van der Waals surface area contributed by atoms with Crippen molar-refractivity contribution < 1.29 is 38.4 Å². The number of fused-ring (bicyclic) bond motifs is 3. The number of hydrogen-bond donors (Lipinski definition) is 4. The van der Waals surface area contributed by atoms with Gasteiger partial charge in [-0.3, -0.25) is 33.3 Å². The number of nitrogens with one attached hydrogen (secondary N) is 3. The van der Waals surface area contributed by atoms with E-state index in [4.69, 9.17) is 59.0 Å². The van der Waals surface area contributed by atoms with Gasteiger partial charge in [-0.25, -0.2) is 15.0 Å². The minimum Gasteiger partial charge on any atom is -0.471 e. The molecule has 1 saturated carbocycles. The van der Waals surface area contributed by atoms with E-state index in [1.807, 2.05) is 108 Å². The van der Waals surface area contributed by atoms with Gasteiger partial charge in [0.05, 0.1) is 70.7 Å². The molecule has 16 heterocycles. The van der Waals surface area contributed by atoms with Gasteiger partial charge in [0, 0.05) is 163 Å². The minimum absolute atomic E-state index is 0.0920. The molecule has 1 spiro atoms. The number of anilines is 6. The number of aromatic nitrogens is 12. The zero-order chi connectivity index (χ0) is 70.4. The first kappa shape index (κ1) is 65.9. The molecular formula is C76H85N19O8. The summed E-state index contributed by atoms with van der Waals surface area (Å²) in [4.78, 5) is 82.2. The maximum atomic E-state index is 14.7. The molecule has 9 aromatic rings. The summed E-state index contributed by atoms with van der Waals surface area (Å²) in [6, 6.07) is 23.1. The second-order valence-corrected chi connectivity index (χ2v) is 30.2. The molecule has 1 aliphatic carbocycles. The fourth-order valence-electron chi connectivity index (χ4n) is 15.6. The molecule has 8 aliphatic rings. The number of ether oxygens (including phenoxy) is 4. The smallest absolute Gasteiger partial charge is 0.260 e. The second kappa shape index (κ2) is 26.2. The van der Waals surface area contributed by atoms with E-state index < -0.39 is 22.9 Å². The number of nitrogens with zero attached hydrogens (tertiary/aromatic N) is 16. The summed E-state index contributed by atoms with van der Waals surface area (Å²) in [5.74, 6) is 3.54. The molecule has 0 aromatic carbocycles. The van der Waals surface area contributed by atoms with Crippen LogP contribution in [0.15, 0.2) is 110 Å². The number of pyridine rings is 6. The number of piperazine rings is 1. The molecule has 5 fully saturated rings. The molecule has 4 N–H and O–H groups in total. The summed E-state index contributed by atoms with van der Waals surface area (Å²) in [6.45, 7) is 15.9. The Morgan fingerprint density at radius 3 is 1.37 bits per heavy atom. The van der Waals surface area contributed by atoms with Gasteiger partial charge in [-0.2, -0.15) is 30.2 Å². The van der Waals surface area contributed by atoms with Crippen LogP contribution in [0.25, 0.3) is 33.8 Å². The lowest BCUT2D eigenvalue weighted by Gasteiger charge is -2.48. The van der Waals surface area contributed by atoms with Crippen molar-refractivity contribution in [2.75, 3.05) is 89.6 Å². The van der Waals surface area contributed by atoms with Crippen LogP contribution >= 0.6 is 0 Å². The number of aliphatic hydroxyl groups is 1. The second-order valence-electron chi connectivity index (χ2n) is 30.2. The van der Waals surface area contributed by atoms with Crippen LogP contribution in [0.3, 0.4) is 0 Å². The highest BCUT2D eigenvalue weighted by Crippen LogP contribution is 2.45. The molecule has 3 amide bonds. The van der Waals surface area contributed by atoms with Crippen LogP contribution < -0.4 is 44.9 Å². The number of piperidine rings is 2. The van der Waals surface area contributed by atoms with Gasteiger partial charge < -0.3 is 54.7 Å². The van der Waals surface area contributed by atoms with Crippen molar-refractivity contribution in [3.63, 3.8) is 0 Å². The lowest BCUT2D eigenvalue weighted by atomic mass is 9.84. The highest BCUT2D eigenvalue weighted by Gasteiger charge is 2.45. The highest BCUT2D eigenvalue weighted by atomic mass is 16.5. The Hall–Kier alpha value is -10.4. The predicted octanol–water partition coefficient (Wildman–Crippen LogP) is 9.23. The first-order chi connectivity index (χ1) is 49.8. The number of carbonyl (C=O) groups excluding carboxylic acids is 3. The summed E-state index contributed by atoms with van der Waals surface area (Å²) in [5, 5.41) is 33.6. The molecule has 27 nitrogen and oxygen atoms in total. The Morgan fingerprint density at radius 1 is 0.505 bits per heavy atom. The third-order valence-electron chi connectivity index (χ3n) is 21.6. The van der Waals surface area contributed by atoms with E-state index in [-0.39, 0.29) is 23.3 Å². The Morgan fingerprint density at radius 2 is 0.932 bits per heavy atom. The predicted molar refractivity (Wildman–Crippen MR) is 386 cm³/mol. The molecule has 2 unspecified atom stereocenters. The maximum absolute atomic E-state index is 14.7. The molecule has 532 valence electrons. The normalized spacial score (nSPS) is 21.1. The van der Waals surface area contributed by atoms with Crippen LogP contribution in [-0.2, 0) is 44.1 Å². The molecule has 7 aliphatic heterocycles. The van der Waals surface area contributed by atoms with Crippen LogP contribution in [0.2, 0.25) is 0 Å². The Balaban J connectivity index is 0.540. The topological polar surface area (TPSA) is 288 Å². The van der Waals surface area contributed by atoms with Crippen molar-refractivity contribution in [2.24, 2.45) is 7.05 Å². The SMILES string of the molecule is Cn1cc(-c2cccc(NC(=O)c3cc4c(nc3N3CCC5(CCO5)CC3)OC(C)(CCn3cc(-c5cccc(NC(=O)c6cc7c(nc6N6CCC(O)CC6)OC(C)(CCn6cc(-c8cccc(NC(=O)c9cc%10c(nc9N9CCN(C%11CC%11)CC9)OC(C)(C)C%10)n8)cn6)C7)n5)cn3)C4)n2)cn1. The fraction of sp³-hybridized carbons (Fsp3) is 0.447. The molecule has 0 bridgehead atoms. The lowest BCUT2D eigenvalue weighted by molar-refractivity contribution is -0.158. The summed E-state index contributed by atoms with van der Waals surface area (Å²) >= 11 is 0. The lowest BCUT2D eigenvalue weighted by Crippen LogP contribution is -2.52. The van der Waals surface area contributed by atoms with E-state index in [2.05, 4.69) is 49.6 Å². The Kier molecular flexibility index (Phi) is 16.7. The van der Waals surface area contributed by atoms with Gasteiger partial charge in [-0.15, -0.1) is 0 Å². The molecule has 27 heteroatoms. The molecule has 9 aromatic heterocycles. The van der Waals surface area contributed by atoms with E-state index in [1.54, 1.807) is 41.5 Å². The van der Waals surface area contributed by atoms with Gasteiger partial charge in [0.1, 0.15) is 51.7 Å². The zero-order valence-corrected chi connectivity index (χ0v) is 58.8. The Bertz CT molecular complexity index is 4770. The molecular weight excluding hydrogens is 1310 g/mol. The van der Waals surface area contributed by atoms with E-state index >= 15 is 0 Å². The number of amides is 3. The fourth-order valence-corrected chi connectivity index (χ4v) is 15.6. The highest BCUT2D eigenvalue weighted by molar-refractivity contribution is 6.09. The van der Waals surface area contributed by atoms with Crippen molar-refractivity contribution >= 4 is 52.6 Å². The number of carbonyl (C=O) groups is 3. The number of hydrogen-bond acceptors (Lipinski definition) is 21. The van der Waals surface area contributed by atoms with Gasteiger partial charge in [0.15, 0.2) is 0 Å². The largest absolute Gasteiger partial charge is 0.471 e. The van der Waals surface area contributed by atoms with Gasteiger partial charge in [-0.05, 0) is 127 Å². The first-order valence-electron chi connectivity index (χ1n) is 36.2. The van der Waals surface area contributed by atoms with Crippen molar-refractivity contribution in [1.29, 1.82) is 0 Å². The third kappa shape index (κ3) is 13.7. The summed E-state index contributed by atoms with van der Waals surface area (Å²) in [5.41, 5.74) is 6.49. The molecule has 17 rings (SSSR count). The van der Waals surface area contributed by atoms with Crippen molar-refractivity contribution in [2.45, 2.75) is 152 Å². The molecule has 0 radical (unpaired) electrons. The van der Waals surface area contributed by atoms with Gasteiger partial charge in [0.2, 0.25) is 17.6 Å². The zero-order valence-electron chi connectivity index (χ0n) is 58.8. The first-order valence-corrected chi connectivity index (χ1v) is 36.2. The average Bonchev–Trinajstić information content (AvgIpc) is 1.69. The van der Waals surface area contributed by atoms with Crippen molar-refractivity contribution in [3.05, 3.63) is 143 Å². The van der Waals surface area contributed by atoms with Gasteiger partial charge in [0.25, 0.3) is 17.7 Å². The van der Waals surface area contributed by atoms with E-state index in [9.17, 15) is 19.5 Å². The maximum Gasteiger partial charge on any atom is 0.260 e. The average molecular weight is 1390 g/mol. The van der Waals surface area contributed by atoms with Crippen LogP contribution in [-0.4, -0.2) is 180 Å².